The number of methoxy groups -OCH3 is 2. The molecule has 11 nitrogen and oxygen atoms in total. The van der Waals surface area contributed by atoms with Crippen molar-refractivity contribution in [3.8, 4) is 23.0 Å². The van der Waals surface area contributed by atoms with Crippen LogP contribution in [0.5, 0.6) is 11.5 Å². The van der Waals surface area contributed by atoms with Crippen molar-refractivity contribution in [2.45, 2.75) is 41.7 Å². The average Bonchev–Trinajstić information content (AvgIpc) is 4.22. The van der Waals surface area contributed by atoms with E-state index in [0.717, 1.165) is 35.6 Å². The summed E-state index contributed by atoms with van der Waals surface area (Å²) in [6.45, 7) is 1.90. The molecule has 0 atom stereocenters. The highest BCUT2D eigenvalue weighted by Gasteiger charge is 2.23. The largest absolute Gasteiger partial charge is 0.497 e. The number of benzene rings is 3. The van der Waals surface area contributed by atoms with Crippen molar-refractivity contribution in [1.82, 2.24) is 15.2 Å². The first-order chi connectivity index (χ1) is 31.8. The standard InChI is InChI=1S/C21H22N2O4S2.C20H16N2O2S2.C8H7BrO.3CH4/c1-25-16-8-7-15(19(13-16)26-2)14-23(10-9-17-5-4-12-29-17)21(28)22-20(24)18-6-3-11-27-18;23-18(14-6-2-1-3-7-14)19-17(16-9-4-12-24-16)22-20(26-19)21-11-10-15-8-5-13-25-15;9-6-8(10)7-4-2-1-3-5-7;;;/h3-8,11-13H,9-10,14H2,1-2H3,(H,22,24,28);1-9,12-13H,10-11H2,(H,21,22);1-5H,6H2;3*1H4. The van der Waals surface area contributed by atoms with Gasteiger partial charge >= 0.3 is 0 Å². The molecule has 68 heavy (non-hydrogen) atoms. The van der Waals surface area contributed by atoms with Gasteiger partial charge in [0, 0.05) is 52.1 Å². The number of aromatic nitrogens is 1. The monoisotopic (exact) mass is 1060 g/mol. The molecule has 16 heteroatoms. The van der Waals surface area contributed by atoms with E-state index in [0.29, 0.717) is 56.9 Å². The summed E-state index contributed by atoms with van der Waals surface area (Å²) in [4.78, 5) is 46.0. The Kier molecular flexibility index (Phi) is 24.4. The van der Waals surface area contributed by atoms with E-state index in [1.54, 1.807) is 61.4 Å². The number of halogens is 1. The highest BCUT2D eigenvalue weighted by Crippen LogP contribution is 2.33. The molecule has 2 N–H and O–H groups in total. The second-order valence-corrected chi connectivity index (χ2v) is 17.7. The van der Waals surface area contributed by atoms with E-state index in [-0.39, 0.29) is 45.5 Å². The first-order valence-electron chi connectivity index (χ1n) is 20.2. The number of carbonyl (C=O) groups is 3. The van der Waals surface area contributed by atoms with Gasteiger partial charge in [0.05, 0.1) is 32.1 Å². The van der Waals surface area contributed by atoms with Gasteiger partial charge in [-0.1, -0.05) is 122 Å². The Morgan fingerprint density at radius 2 is 1.40 bits per heavy atom. The van der Waals surface area contributed by atoms with Gasteiger partial charge in [0.2, 0.25) is 5.78 Å². The van der Waals surface area contributed by atoms with Crippen LogP contribution in [0.2, 0.25) is 0 Å². The number of Topliss-reactive ketones (excluding diaryl/α,β-unsaturated/α-hetero) is 1. The molecule has 0 saturated heterocycles. The van der Waals surface area contributed by atoms with E-state index >= 15 is 0 Å². The maximum Gasteiger partial charge on any atom is 0.293 e. The molecule has 0 bridgehead atoms. The average molecular weight is 1060 g/mol. The minimum Gasteiger partial charge on any atom is -0.497 e. The second-order valence-electron chi connectivity index (χ2n) is 13.7. The fraction of sp³-hybridized carbons (Fsp3) is 0.212. The van der Waals surface area contributed by atoms with Crippen LogP contribution >= 0.6 is 62.2 Å². The fourth-order valence-corrected chi connectivity index (χ4v) is 9.02. The molecule has 0 unspecified atom stereocenters. The van der Waals surface area contributed by atoms with Crippen molar-refractivity contribution < 1.29 is 32.7 Å². The Morgan fingerprint density at radius 1 is 0.750 bits per heavy atom. The van der Waals surface area contributed by atoms with Gasteiger partial charge in [-0.2, -0.15) is 0 Å². The number of hydrogen-bond acceptors (Lipinski definition) is 13. The minimum atomic E-state index is -0.372. The van der Waals surface area contributed by atoms with Crippen LogP contribution in [-0.4, -0.2) is 65.1 Å². The Hall–Kier alpha value is -6.17. The second kappa shape index (κ2) is 29.6. The van der Waals surface area contributed by atoms with Crippen LogP contribution in [0.25, 0.3) is 11.5 Å². The predicted molar refractivity (Wildman–Crippen MR) is 288 cm³/mol. The van der Waals surface area contributed by atoms with Gasteiger partial charge in [0.15, 0.2) is 27.5 Å². The first kappa shape index (κ1) is 56.2. The molecule has 358 valence electrons. The number of thiocarbonyl (C=S) groups is 1. The number of amides is 1. The van der Waals surface area contributed by atoms with Crippen LogP contribution < -0.4 is 20.1 Å². The molecule has 1 amide bonds. The molecule has 0 aliphatic carbocycles. The highest BCUT2D eigenvalue weighted by molar-refractivity contribution is 9.09. The quantitative estimate of drug-likeness (QED) is 0.0512. The van der Waals surface area contributed by atoms with Crippen molar-refractivity contribution in [2.75, 3.05) is 38.0 Å². The Bertz CT molecular complexity index is 2670. The van der Waals surface area contributed by atoms with E-state index in [4.69, 9.17) is 30.5 Å². The third-order valence-corrected chi connectivity index (χ3v) is 13.1. The van der Waals surface area contributed by atoms with Crippen LogP contribution in [0, 0.1) is 0 Å². The zero-order valence-electron chi connectivity index (χ0n) is 35.4. The molecule has 3 aromatic carbocycles. The lowest BCUT2D eigenvalue weighted by Crippen LogP contribution is -2.43. The lowest BCUT2D eigenvalue weighted by Gasteiger charge is -2.26. The van der Waals surface area contributed by atoms with E-state index in [1.165, 1.54) is 27.4 Å². The smallest absolute Gasteiger partial charge is 0.293 e. The fourth-order valence-electron chi connectivity index (χ4n) is 6.09. The molecule has 0 aliphatic heterocycles. The number of thiazole rings is 1. The summed E-state index contributed by atoms with van der Waals surface area (Å²) in [5.41, 5.74) is 2.94. The van der Waals surface area contributed by atoms with Gasteiger partial charge in [-0.05, 0) is 84.4 Å². The van der Waals surface area contributed by atoms with Crippen LogP contribution in [-0.2, 0) is 19.4 Å². The van der Waals surface area contributed by atoms with E-state index < -0.39 is 0 Å². The number of rotatable bonds is 17. The Balaban J connectivity index is 0.000000290. The van der Waals surface area contributed by atoms with Crippen LogP contribution in [0.1, 0.15) is 73.7 Å². The summed E-state index contributed by atoms with van der Waals surface area (Å²) in [6, 6.07) is 39.3. The summed E-state index contributed by atoms with van der Waals surface area (Å²) in [5.74, 6) is 1.94. The molecule has 0 saturated carbocycles. The number of furan rings is 2. The number of carbonyl (C=O) groups excluding carboxylic acids is 3. The van der Waals surface area contributed by atoms with Gasteiger partial charge in [-0.3, -0.25) is 19.7 Å². The molecule has 5 aromatic heterocycles. The SMILES string of the molecule is C.C.C.COc1ccc(CN(CCc2cccs2)C(=S)NC(=O)c2ccco2)c(OC)c1.O=C(CBr)c1ccccc1.O=C(c1ccccc1)c1sc(NCCc2cccs2)nc1-c1ccco1. The Morgan fingerprint density at radius 3 is 1.97 bits per heavy atom. The van der Waals surface area contributed by atoms with E-state index in [1.807, 2.05) is 101 Å². The number of nitrogens with zero attached hydrogens (tertiary/aromatic N) is 2. The molecule has 0 aliphatic rings. The van der Waals surface area contributed by atoms with E-state index in [2.05, 4.69) is 55.1 Å². The molecule has 8 aromatic rings. The molecule has 0 radical (unpaired) electrons. The predicted octanol–water partition coefficient (Wildman–Crippen LogP) is 13.6. The van der Waals surface area contributed by atoms with Gasteiger partial charge in [0.25, 0.3) is 5.91 Å². The summed E-state index contributed by atoms with van der Waals surface area (Å²) >= 11 is 13.4. The number of ketones is 2. The van der Waals surface area contributed by atoms with Gasteiger partial charge < -0.3 is 28.5 Å². The number of thiophene rings is 2. The van der Waals surface area contributed by atoms with Crippen molar-refractivity contribution in [3.63, 3.8) is 0 Å². The molecule has 5 heterocycles. The number of nitrogens with one attached hydrogen (secondary N) is 2. The molecule has 0 spiro atoms. The summed E-state index contributed by atoms with van der Waals surface area (Å²) in [7, 11) is 3.23. The summed E-state index contributed by atoms with van der Waals surface area (Å²) < 4.78 is 21.4. The normalized spacial score (nSPS) is 9.93. The Labute approximate surface area is 425 Å². The number of anilines is 1. The zero-order chi connectivity index (χ0) is 45.8. The van der Waals surface area contributed by atoms with Crippen LogP contribution in [0.4, 0.5) is 5.13 Å². The first-order valence-corrected chi connectivity index (χ1v) is 24.3. The minimum absolute atomic E-state index is 0. The summed E-state index contributed by atoms with van der Waals surface area (Å²) in [6.07, 6.45) is 4.78. The third-order valence-electron chi connectivity index (χ3n) is 9.39. The number of alkyl halides is 1. The maximum absolute atomic E-state index is 12.9. The van der Waals surface area contributed by atoms with Crippen LogP contribution in [0.3, 0.4) is 0 Å². The van der Waals surface area contributed by atoms with Crippen molar-refractivity contribution in [1.29, 1.82) is 0 Å². The maximum atomic E-state index is 12.9. The van der Waals surface area contributed by atoms with Gasteiger partial charge in [-0.25, -0.2) is 4.98 Å². The van der Waals surface area contributed by atoms with Crippen molar-refractivity contribution in [3.05, 3.63) is 188 Å². The highest BCUT2D eigenvalue weighted by atomic mass is 79.9. The lowest BCUT2D eigenvalue weighted by atomic mass is 10.1. The van der Waals surface area contributed by atoms with Gasteiger partial charge in [0.1, 0.15) is 22.1 Å². The topological polar surface area (TPSA) is 136 Å². The van der Waals surface area contributed by atoms with Crippen LogP contribution in [0.15, 0.2) is 160 Å². The lowest BCUT2D eigenvalue weighted by molar-refractivity contribution is 0.0944. The summed E-state index contributed by atoms with van der Waals surface area (Å²) in [5, 5.41) is 11.7. The van der Waals surface area contributed by atoms with Crippen molar-refractivity contribution >= 4 is 89.9 Å². The molecule has 0 fully saturated rings. The van der Waals surface area contributed by atoms with Gasteiger partial charge in [-0.15, -0.1) is 22.7 Å². The zero-order valence-corrected chi connectivity index (χ0v) is 40.3. The molecule has 8 rings (SSSR count). The molecular weight excluding hydrogens is 1000 g/mol. The number of ether oxygens (including phenoxy) is 2. The van der Waals surface area contributed by atoms with E-state index in [9.17, 15) is 14.4 Å². The molecular formula is C52H57BrN4O7S4. The number of hydrogen-bond donors (Lipinski definition) is 2. The van der Waals surface area contributed by atoms with Crippen molar-refractivity contribution in [2.24, 2.45) is 0 Å². The third kappa shape index (κ3) is 16.6.